The van der Waals surface area contributed by atoms with Crippen molar-refractivity contribution in [1.82, 2.24) is 0 Å². The van der Waals surface area contributed by atoms with Crippen LogP contribution in [0, 0.1) is 0 Å². The lowest BCUT2D eigenvalue weighted by atomic mass is 10.6. The Bertz CT molecular complexity index is 77.1. The number of rotatable bonds is 2. The van der Waals surface area contributed by atoms with Crippen LogP contribution in [0.4, 0.5) is 0 Å². The highest BCUT2D eigenvalue weighted by Crippen LogP contribution is 1.82. The predicted octanol–water partition coefficient (Wildman–Crippen LogP) is 1.14. The average molecular weight is 148 g/mol. The van der Waals surface area contributed by atoms with Gasteiger partial charge in [0.2, 0.25) is 0 Å². The summed E-state index contributed by atoms with van der Waals surface area (Å²) >= 11 is 1.53. The van der Waals surface area contributed by atoms with Crippen molar-refractivity contribution in [2.24, 2.45) is 0 Å². The van der Waals surface area contributed by atoms with Crippen LogP contribution < -0.4 is 0 Å². The molecule has 0 fully saturated rings. The second kappa shape index (κ2) is 10.6. The van der Waals surface area contributed by atoms with Gasteiger partial charge in [-0.15, -0.1) is 0 Å². The molecule has 0 rings (SSSR count). The maximum absolute atomic E-state index is 9.44. The van der Waals surface area contributed by atoms with E-state index in [1.165, 1.54) is 25.6 Å². The molecular formula is C6H12O2S. The molecule has 0 saturated heterocycles. The highest BCUT2D eigenvalue weighted by molar-refractivity contribution is 7.99. The van der Waals surface area contributed by atoms with E-state index in [1.54, 1.807) is 0 Å². The van der Waals surface area contributed by atoms with Gasteiger partial charge in [-0.05, 0) is 20.1 Å². The van der Waals surface area contributed by atoms with Gasteiger partial charge >= 0.3 is 0 Å². The fourth-order valence-electron chi connectivity index (χ4n) is 0.0680. The van der Waals surface area contributed by atoms with Crippen LogP contribution >= 0.6 is 11.8 Å². The van der Waals surface area contributed by atoms with Crippen LogP contribution in [0.2, 0.25) is 0 Å². The summed E-state index contributed by atoms with van der Waals surface area (Å²) in [6.45, 7) is 3.06. The zero-order chi connectivity index (χ0) is 7.70. The highest BCUT2D eigenvalue weighted by Gasteiger charge is 1.66. The normalized spacial score (nSPS) is 7.00. The van der Waals surface area contributed by atoms with Crippen molar-refractivity contribution in [3.63, 3.8) is 0 Å². The van der Waals surface area contributed by atoms with Crippen molar-refractivity contribution in [2.75, 3.05) is 12.0 Å². The Hall–Kier alpha value is -0.310. The molecule has 0 amide bonds. The molecule has 0 saturated carbocycles. The Kier molecular flexibility index (Phi) is 13.6. The van der Waals surface area contributed by atoms with Crippen molar-refractivity contribution in [3.8, 4) is 0 Å². The molecule has 0 aliphatic heterocycles. The minimum Gasteiger partial charge on any atom is -0.302 e. The zero-order valence-corrected chi connectivity index (χ0v) is 6.83. The summed E-state index contributed by atoms with van der Waals surface area (Å²) in [7, 11) is 0. The second-order valence-electron chi connectivity index (χ2n) is 1.53. The van der Waals surface area contributed by atoms with Crippen molar-refractivity contribution >= 4 is 23.8 Å². The number of thioether (sulfide) groups is 1. The van der Waals surface area contributed by atoms with Crippen LogP contribution in [0.15, 0.2) is 0 Å². The summed E-state index contributed by atoms with van der Waals surface area (Å²) in [5, 5.41) is 0. The van der Waals surface area contributed by atoms with Gasteiger partial charge in [0.15, 0.2) is 0 Å². The molecular weight excluding hydrogens is 136 g/mol. The number of Topliss-reactive ketones (excluding diaryl/α,β-unsaturated/α-hetero) is 1. The molecule has 0 aromatic rings. The molecule has 9 heavy (non-hydrogen) atoms. The number of hydrogen-bond acceptors (Lipinski definition) is 3. The van der Waals surface area contributed by atoms with E-state index in [0.717, 1.165) is 6.29 Å². The molecule has 0 heterocycles. The fourth-order valence-corrected chi connectivity index (χ4v) is 0.204. The van der Waals surface area contributed by atoms with Crippen molar-refractivity contribution in [1.29, 1.82) is 0 Å². The molecule has 0 unspecified atom stereocenters. The molecule has 2 nitrogen and oxygen atoms in total. The minimum atomic E-state index is 0.167. The lowest BCUT2D eigenvalue weighted by Gasteiger charge is -1.69. The summed E-state index contributed by atoms with van der Waals surface area (Å²) in [6.07, 6.45) is 2.79. The first-order chi connectivity index (χ1) is 4.15. The Morgan fingerprint density at radius 3 is 1.89 bits per heavy atom. The molecule has 0 aliphatic rings. The number of hydrogen-bond donors (Lipinski definition) is 0. The monoisotopic (exact) mass is 148 g/mol. The average Bonchev–Trinajstić information content (AvgIpc) is 1.66. The Labute approximate surface area is 60.0 Å². The smallest absolute Gasteiger partial charge is 0.129 e. The first-order valence-electron chi connectivity index (χ1n) is 2.54. The van der Waals surface area contributed by atoms with Gasteiger partial charge in [0.1, 0.15) is 12.1 Å². The maximum atomic E-state index is 9.44. The van der Waals surface area contributed by atoms with Crippen LogP contribution in [0.1, 0.15) is 13.8 Å². The molecule has 0 aliphatic carbocycles. The Balaban J connectivity index is 0. The van der Waals surface area contributed by atoms with Crippen molar-refractivity contribution in [3.05, 3.63) is 0 Å². The first kappa shape index (κ1) is 11.5. The summed E-state index contributed by atoms with van der Waals surface area (Å²) < 4.78 is 0. The van der Waals surface area contributed by atoms with Gasteiger partial charge in [0.25, 0.3) is 0 Å². The van der Waals surface area contributed by atoms with Gasteiger partial charge in [0.05, 0.1) is 0 Å². The Morgan fingerprint density at radius 1 is 1.56 bits per heavy atom. The molecule has 0 atom stereocenters. The third kappa shape index (κ3) is 87.2. The molecule has 0 N–H and O–H groups in total. The molecule has 3 heteroatoms. The molecule has 0 aromatic heterocycles. The lowest BCUT2D eigenvalue weighted by Crippen LogP contribution is -1.70. The van der Waals surface area contributed by atoms with Crippen LogP contribution in [0.3, 0.4) is 0 Å². The van der Waals surface area contributed by atoms with Crippen LogP contribution in [-0.4, -0.2) is 24.1 Å². The first-order valence-corrected chi connectivity index (χ1v) is 3.94. The van der Waals surface area contributed by atoms with Gasteiger partial charge in [-0.2, -0.15) is 11.8 Å². The van der Waals surface area contributed by atoms with E-state index in [9.17, 15) is 9.59 Å². The van der Waals surface area contributed by atoms with Crippen LogP contribution in [-0.2, 0) is 9.59 Å². The SMILES string of the molecule is CC(C)=O.CSCC=O. The quantitative estimate of drug-likeness (QED) is 0.551. The Morgan fingerprint density at radius 2 is 1.89 bits per heavy atom. The molecule has 0 spiro atoms. The van der Waals surface area contributed by atoms with Crippen molar-refractivity contribution in [2.45, 2.75) is 13.8 Å². The standard InChI is InChI=1S/C3H6OS.C3H6O/c1-5-3-2-4;1-3(2)4/h2H,3H2,1H3;1-2H3. The largest absolute Gasteiger partial charge is 0.302 e. The minimum absolute atomic E-state index is 0.167. The van der Waals surface area contributed by atoms with Crippen molar-refractivity contribution < 1.29 is 9.59 Å². The van der Waals surface area contributed by atoms with Crippen LogP contribution in [0.5, 0.6) is 0 Å². The van der Waals surface area contributed by atoms with E-state index in [4.69, 9.17) is 0 Å². The zero-order valence-electron chi connectivity index (χ0n) is 6.01. The van der Waals surface area contributed by atoms with Gasteiger partial charge in [-0.1, -0.05) is 0 Å². The van der Waals surface area contributed by atoms with Gasteiger partial charge in [0, 0.05) is 5.75 Å². The van der Waals surface area contributed by atoms with E-state index in [2.05, 4.69) is 0 Å². The molecule has 0 radical (unpaired) electrons. The van der Waals surface area contributed by atoms with Gasteiger partial charge in [-0.3, -0.25) is 0 Å². The molecule has 0 aromatic carbocycles. The molecule has 54 valence electrons. The summed E-state index contributed by atoms with van der Waals surface area (Å²) in [5.41, 5.74) is 0. The predicted molar refractivity (Wildman–Crippen MR) is 40.8 cm³/mol. The second-order valence-corrected chi connectivity index (χ2v) is 2.44. The molecule has 0 bridgehead atoms. The lowest BCUT2D eigenvalue weighted by molar-refractivity contribution is -0.115. The maximum Gasteiger partial charge on any atom is 0.129 e. The van der Waals surface area contributed by atoms with E-state index < -0.39 is 0 Å². The van der Waals surface area contributed by atoms with E-state index in [-0.39, 0.29) is 5.78 Å². The van der Waals surface area contributed by atoms with E-state index >= 15 is 0 Å². The summed E-state index contributed by atoms with van der Waals surface area (Å²) in [5.74, 6) is 0.792. The van der Waals surface area contributed by atoms with E-state index in [0.29, 0.717) is 5.75 Å². The number of aldehydes is 1. The third-order valence-electron chi connectivity index (χ3n) is 0.235. The topological polar surface area (TPSA) is 34.1 Å². The van der Waals surface area contributed by atoms with Crippen LogP contribution in [0.25, 0.3) is 0 Å². The van der Waals surface area contributed by atoms with Gasteiger partial charge in [-0.25, -0.2) is 0 Å². The summed E-state index contributed by atoms with van der Waals surface area (Å²) in [6, 6.07) is 0. The highest BCUT2D eigenvalue weighted by atomic mass is 32.2. The number of carbonyl (C=O) groups is 2. The van der Waals surface area contributed by atoms with E-state index in [1.807, 2.05) is 6.26 Å². The fraction of sp³-hybridized carbons (Fsp3) is 0.667. The number of carbonyl (C=O) groups excluding carboxylic acids is 2. The third-order valence-corrected chi connectivity index (χ3v) is 0.704. The van der Waals surface area contributed by atoms with Gasteiger partial charge < -0.3 is 9.59 Å². The summed E-state index contributed by atoms with van der Waals surface area (Å²) in [4.78, 5) is 18.8. The number of ketones is 1.